The van der Waals surface area contributed by atoms with E-state index >= 15 is 0 Å². The summed E-state index contributed by atoms with van der Waals surface area (Å²) in [5.41, 5.74) is 0.403. The van der Waals surface area contributed by atoms with Crippen molar-refractivity contribution in [2.75, 3.05) is 6.61 Å². The summed E-state index contributed by atoms with van der Waals surface area (Å²) >= 11 is 0. The lowest BCUT2D eigenvalue weighted by Gasteiger charge is -2.36. The van der Waals surface area contributed by atoms with Crippen LogP contribution in [0.2, 0.25) is 0 Å². The van der Waals surface area contributed by atoms with Crippen molar-refractivity contribution in [3.63, 3.8) is 0 Å². The monoisotopic (exact) mass is 238 g/mol. The summed E-state index contributed by atoms with van der Waals surface area (Å²) in [5, 5.41) is 0. The number of ether oxygens (including phenoxy) is 2. The van der Waals surface area contributed by atoms with E-state index in [0.717, 1.165) is 12.5 Å². The molecular weight excluding hydrogens is 212 g/mol. The molecule has 0 bridgehead atoms. The largest absolute Gasteiger partial charge is 0.375 e. The van der Waals surface area contributed by atoms with E-state index in [1.54, 1.807) is 0 Å². The number of hydrogen-bond acceptors (Lipinski definition) is 2. The average molecular weight is 238 g/mol. The molecule has 0 radical (unpaired) electrons. The standard InChI is InChI=1S/C15H26O2/c1-14(8-4-3-5-9-14)16-11-12-6-7-13-15(2,10-12)17-13/h12-13H,3-11H2,1-2H3. The zero-order chi connectivity index (χ0) is 11.9. The maximum Gasteiger partial charge on any atom is 0.0923 e. The van der Waals surface area contributed by atoms with E-state index in [1.807, 2.05) is 0 Å². The minimum atomic E-state index is 0.181. The fourth-order valence-corrected chi connectivity index (χ4v) is 3.80. The second kappa shape index (κ2) is 4.24. The second-order valence-corrected chi connectivity index (χ2v) is 6.89. The van der Waals surface area contributed by atoms with Gasteiger partial charge in [0.2, 0.25) is 0 Å². The second-order valence-electron chi connectivity index (χ2n) is 6.89. The van der Waals surface area contributed by atoms with Crippen LogP contribution in [-0.2, 0) is 9.47 Å². The predicted molar refractivity (Wildman–Crippen MR) is 68.1 cm³/mol. The van der Waals surface area contributed by atoms with E-state index in [1.165, 1.54) is 51.4 Å². The molecule has 0 aromatic heterocycles. The molecule has 3 aliphatic rings. The maximum absolute atomic E-state index is 6.27. The van der Waals surface area contributed by atoms with Gasteiger partial charge in [0, 0.05) is 0 Å². The van der Waals surface area contributed by atoms with Crippen LogP contribution < -0.4 is 0 Å². The van der Waals surface area contributed by atoms with Crippen molar-refractivity contribution in [2.24, 2.45) is 5.92 Å². The first-order valence-corrected chi connectivity index (χ1v) is 7.41. The smallest absolute Gasteiger partial charge is 0.0923 e. The van der Waals surface area contributed by atoms with Crippen molar-refractivity contribution in [1.82, 2.24) is 0 Å². The lowest BCUT2D eigenvalue weighted by Crippen LogP contribution is -2.35. The van der Waals surface area contributed by atoms with Crippen LogP contribution in [0.5, 0.6) is 0 Å². The lowest BCUT2D eigenvalue weighted by molar-refractivity contribution is -0.0747. The van der Waals surface area contributed by atoms with Gasteiger partial charge in [-0.25, -0.2) is 0 Å². The summed E-state index contributed by atoms with van der Waals surface area (Å²) in [6.07, 6.45) is 11.0. The van der Waals surface area contributed by atoms with Gasteiger partial charge in [-0.05, 0) is 51.9 Å². The van der Waals surface area contributed by atoms with E-state index in [9.17, 15) is 0 Å². The molecular formula is C15H26O2. The maximum atomic E-state index is 6.27. The predicted octanol–water partition coefficient (Wildman–Crippen LogP) is 3.68. The van der Waals surface area contributed by atoms with Gasteiger partial charge in [-0.3, -0.25) is 0 Å². The molecule has 17 heavy (non-hydrogen) atoms. The molecule has 0 aromatic rings. The lowest BCUT2D eigenvalue weighted by atomic mass is 9.82. The van der Waals surface area contributed by atoms with Gasteiger partial charge >= 0.3 is 0 Å². The fraction of sp³-hybridized carbons (Fsp3) is 1.00. The van der Waals surface area contributed by atoms with Crippen molar-refractivity contribution in [1.29, 1.82) is 0 Å². The first kappa shape index (κ1) is 12.0. The van der Waals surface area contributed by atoms with Crippen LogP contribution in [0.25, 0.3) is 0 Å². The molecule has 1 saturated heterocycles. The molecule has 3 rings (SSSR count). The first-order chi connectivity index (χ1) is 8.10. The van der Waals surface area contributed by atoms with E-state index in [4.69, 9.17) is 9.47 Å². The molecule has 0 spiro atoms. The van der Waals surface area contributed by atoms with Gasteiger partial charge in [0.1, 0.15) is 0 Å². The Bertz CT molecular complexity index is 283. The molecule has 2 heteroatoms. The summed E-state index contributed by atoms with van der Waals surface area (Å²) in [4.78, 5) is 0. The molecule has 2 aliphatic carbocycles. The van der Waals surface area contributed by atoms with Crippen molar-refractivity contribution < 1.29 is 9.47 Å². The van der Waals surface area contributed by atoms with Crippen molar-refractivity contribution in [3.8, 4) is 0 Å². The van der Waals surface area contributed by atoms with Gasteiger partial charge < -0.3 is 9.47 Å². The average Bonchev–Trinajstić information content (AvgIpc) is 2.98. The highest BCUT2D eigenvalue weighted by Gasteiger charge is 2.55. The van der Waals surface area contributed by atoms with Gasteiger partial charge in [-0.1, -0.05) is 19.3 Å². The Labute approximate surface area is 105 Å². The molecule has 3 atom stereocenters. The van der Waals surface area contributed by atoms with E-state index in [2.05, 4.69) is 13.8 Å². The molecule has 2 saturated carbocycles. The minimum absolute atomic E-state index is 0.181. The topological polar surface area (TPSA) is 21.8 Å². The molecule has 0 amide bonds. The highest BCUT2D eigenvalue weighted by Crippen LogP contribution is 2.49. The third-order valence-electron chi connectivity index (χ3n) is 5.15. The van der Waals surface area contributed by atoms with Gasteiger partial charge in [0.15, 0.2) is 0 Å². The van der Waals surface area contributed by atoms with Crippen LogP contribution in [0.3, 0.4) is 0 Å². The first-order valence-electron chi connectivity index (χ1n) is 7.41. The molecule has 0 N–H and O–H groups in total. The van der Waals surface area contributed by atoms with E-state index in [-0.39, 0.29) is 11.2 Å². The van der Waals surface area contributed by atoms with Crippen molar-refractivity contribution in [3.05, 3.63) is 0 Å². The van der Waals surface area contributed by atoms with Gasteiger partial charge in [-0.2, -0.15) is 0 Å². The molecule has 2 nitrogen and oxygen atoms in total. The summed E-state index contributed by atoms with van der Waals surface area (Å²) in [6.45, 7) is 5.54. The Morgan fingerprint density at radius 1 is 1.12 bits per heavy atom. The minimum Gasteiger partial charge on any atom is -0.375 e. The van der Waals surface area contributed by atoms with Crippen LogP contribution in [0.15, 0.2) is 0 Å². The van der Waals surface area contributed by atoms with Gasteiger partial charge in [-0.15, -0.1) is 0 Å². The molecule has 1 heterocycles. The Hall–Kier alpha value is -0.0800. The zero-order valence-corrected chi connectivity index (χ0v) is 11.3. The molecule has 1 aliphatic heterocycles. The molecule has 3 unspecified atom stereocenters. The van der Waals surface area contributed by atoms with Crippen LogP contribution in [0.1, 0.15) is 65.2 Å². The number of fused-ring (bicyclic) bond motifs is 1. The third-order valence-corrected chi connectivity index (χ3v) is 5.15. The van der Waals surface area contributed by atoms with E-state index in [0.29, 0.717) is 6.10 Å². The zero-order valence-electron chi connectivity index (χ0n) is 11.3. The molecule has 3 fully saturated rings. The van der Waals surface area contributed by atoms with Gasteiger partial charge in [0.05, 0.1) is 23.9 Å². The summed E-state index contributed by atoms with van der Waals surface area (Å²) in [5.74, 6) is 0.734. The van der Waals surface area contributed by atoms with Crippen LogP contribution in [0, 0.1) is 5.92 Å². The van der Waals surface area contributed by atoms with Crippen molar-refractivity contribution >= 4 is 0 Å². The molecule has 0 aromatic carbocycles. The summed E-state index contributed by atoms with van der Waals surface area (Å²) in [6, 6.07) is 0. The number of hydrogen-bond donors (Lipinski definition) is 0. The normalized spacial score (nSPS) is 44.1. The Balaban J connectivity index is 1.47. The Kier molecular flexibility index (Phi) is 2.99. The highest BCUT2D eigenvalue weighted by molar-refractivity contribution is 5.03. The Morgan fingerprint density at radius 2 is 1.88 bits per heavy atom. The highest BCUT2D eigenvalue weighted by atomic mass is 16.6. The SMILES string of the molecule is CC1(OCC2CCC3OC3(C)C2)CCCCC1. The Morgan fingerprint density at radius 3 is 2.59 bits per heavy atom. The van der Waals surface area contributed by atoms with Gasteiger partial charge in [0.25, 0.3) is 0 Å². The van der Waals surface area contributed by atoms with Crippen LogP contribution in [0.4, 0.5) is 0 Å². The summed E-state index contributed by atoms with van der Waals surface area (Å²) in [7, 11) is 0. The number of epoxide rings is 1. The van der Waals surface area contributed by atoms with E-state index < -0.39 is 0 Å². The fourth-order valence-electron chi connectivity index (χ4n) is 3.80. The van der Waals surface area contributed by atoms with Crippen molar-refractivity contribution in [2.45, 2.75) is 82.5 Å². The summed E-state index contributed by atoms with van der Waals surface area (Å²) < 4.78 is 12.0. The third kappa shape index (κ3) is 2.53. The van der Waals surface area contributed by atoms with Crippen LogP contribution in [-0.4, -0.2) is 23.9 Å². The quantitative estimate of drug-likeness (QED) is 0.700. The molecule has 98 valence electrons. The van der Waals surface area contributed by atoms with Crippen LogP contribution >= 0.6 is 0 Å². The number of rotatable bonds is 3.